The molecule has 4 rings (SSSR count). The van der Waals surface area contributed by atoms with Gasteiger partial charge in [-0.15, -0.1) is 0 Å². The highest BCUT2D eigenvalue weighted by atomic mass is 16.5. The van der Waals surface area contributed by atoms with Gasteiger partial charge in [0.1, 0.15) is 5.76 Å². The van der Waals surface area contributed by atoms with E-state index in [1.54, 1.807) is 0 Å². The Morgan fingerprint density at radius 1 is 1.19 bits per heavy atom. The minimum atomic E-state index is 0.645. The van der Waals surface area contributed by atoms with E-state index in [9.17, 15) is 0 Å². The van der Waals surface area contributed by atoms with Gasteiger partial charge in [-0.05, 0) is 57.4 Å². The maximum Gasteiger partial charge on any atom is 0.143 e. The minimum Gasteiger partial charge on any atom is -0.361 e. The Bertz CT molecular complexity index is 878. The molecule has 0 bridgehead atoms. The molecule has 1 fully saturated rings. The first-order chi connectivity index (χ1) is 12.6. The van der Waals surface area contributed by atoms with Crippen LogP contribution in [-0.4, -0.2) is 37.9 Å². The second-order valence-electron chi connectivity index (χ2n) is 7.29. The van der Waals surface area contributed by atoms with Gasteiger partial charge < -0.3 is 4.52 Å². The summed E-state index contributed by atoms with van der Waals surface area (Å²) in [7, 11) is 1.97. The summed E-state index contributed by atoms with van der Waals surface area (Å²) in [6.07, 6.45) is 4.23. The van der Waals surface area contributed by atoms with Gasteiger partial charge >= 0.3 is 0 Å². The summed E-state index contributed by atoms with van der Waals surface area (Å²) >= 11 is 0. The molecule has 0 radical (unpaired) electrons. The van der Waals surface area contributed by atoms with Crippen LogP contribution < -0.4 is 0 Å². The van der Waals surface area contributed by atoms with Gasteiger partial charge in [0, 0.05) is 32.0 Å². The summed E-state index contributed by atoms with van der Waals surface area (Å²) in [5.41, 5.74) is 5.17. The number of aryl methyl sites for hydroxylation is 3. The number of rotatable bonds is 5. The Labute approximate surface area is 153 Å². The van der Waals surface area contributed by atoms with E-state index in [2.05, 4.69) is 33.4 Å². The second-order valence-corrected chi connectivity index (χ2v) is 7.29. The van der Waals surface area contributed by atoms with Crippen LogP contribution in [0.2, 0.25) is 0 Å². The smallest absolute Gasteiger partial charge is 0.143 e. The van der Waals surface area contributed by atoms with Crippen LogP contribution >= 0.6 is 0 Å². The van der Waals surface area contributed by atoms with Gasteiger partial charge in [0.25, 0.3) is 0 Å². The van der Waals surface area contributed by atoms with Gasteiger partial charge in [-0.1, -0.05) is 11.2 Å². The van der Waals surface area contributed by atoms with E-state index >= 15 is 0 Å². The molecule has 1 saturated heterocycles. The quantitative estimate of drug-likeness (QED) is 0.707. The molecule has 3 aromatic rings. The molecule has 26 heavy (non-hydrogen) atoms. The Balaban J connectivity index is 1.41. The summed E-state index contributed by atoms with van der Waals surface area (Å²) < 4.78 is 7.16. The van der Waals surface area contributed by atoms with Crippen LogP contribution in [0.15, 0.2) is 35.0 Å². The van der Waals surface area contributed by atoms with Crippen LogP contribution in [0.4, 0.5) is 0 Å². The largest absolute Gasteiger partial charge is 0.361 e. The van der Waals surface area contributed by atoms with Gasteiger partial charge in [-0.3, -0.25) is 14.6 Å². The zero-order valence-electron chi connectivity index (χ0n) is 15.6. The van der Waals surface area contributed by atoms with Crippen molar-refractivity contribution in [2.45, 2.75) is 33.2 Å². The predicted octanol–water partition coefficient (Wildman–Crippen LogP) is 3.15. The first kappa shape index (κ1) is 17.0. The van der Waals surface area contributed by atoms with Crippen molar-refractivity contribution in [2.75, 3.05) is 13.1 Å². The maximum absolute atomic E-state index is 5.29. The lowest BCUT2D eigenvalue weighted by molar-refractivity contribution is 0.311. The molecule has 0 spiro atoms. The number of nitrogens with zero attached hydrogens (tertiary/aromatic N) is 5. The third-order valence-corrected chi connectivity index (χ3v) is 5.12. The van der Waals surface area contributed by atoms with E-state index < -0.39 is 0 Å². The fourth-order valence-electron chi connectivity index (χ4n) is 3.88. The third kappa shape index (κ3) is 3.55. The molecule has 3 aromatic heterocycles. The molecule has 0 unspecified atom stereocenters. The molecular formula is C20H25N5O. The Morgan fingerprint density at radius 3 is 2.81 bits per heavy atom. The minimum absolute atomic E-state index is 0.645. The van der Waals surface area contributed by atoms with Crippen molar-refractivity contribution in [3.8, 4) is 11.3 Å². The average molecular weight is 351 g/mol. The van der Waals surface area contributed by atoms with E-state index in [1.807, 2.05) is 37.8 Å². The van der Waals surface area contributed by atoms with Crippen molar-refractivity contribution in [3.05, 3.63) is 53.3 Å². The predicted molar refractivity (Wildman–Crippen MR) is 99.5 cm³/mol. The molecule has 0 N–H and O–H groups in total. The van der Waals surface area contributed by atoms with Crippen molar-refractivity contribution < 1.29 is 4.52 Å². The summed E-state index contributed by atoms with van der Waals surface area (Å²) in [5, 5.41) is 8.54. The van der Waals surface area contributed by atoms with Crippen LogP contribution in [0.3, 0.4) is 0 Å². The molecule has 136 valence electrons. The molecule has 1 aliphatic heterocycles. The summed E-state index contributed by atoms with van der Waals surface area (Å²) in [5.74, 6) is 1.47. The number of likely N-dealkylation sites (tertiary alicyclic amines) is 1. The molecule has 0 saturated carbocycles. The summed E-state index contributed by atoms with van der Waals surface area (Å²) in [6, 6.07) is 8.35. The lowest BCUT2D eigenvalue weighted by atomic mass is 10.0. The molecule has 4 heterocycles. The zero-order valence-corrected chi connectivity index (χ0v) is 15.6. The van der Waals surface area contributed by atoms with Gasteiger partial charge in [0.2, 0.25) is 0 Å². The topological polar surface area (TPSA) is 60.0 Å². The highest BCUT2D eigenvalue weighted by Crippen LogP contribution is 2.27. The van der Waals surface area contributed by atoms with Crippen molar-refractivity contribution >= 4 is 0 Å². The fourth-order valence-corrected chi connectivity index (χ4v) is 3.88. The second kappa shape index (κ2) is 7.03. The molecule has 0 aromatic carbocycles. The molecule has 0 aliphatic carbocycles. The van der Waals surface area contributed by atoms with Crippen LogP contribution in [-0.2, 0) is 20.0 Å². The number of hydrogen-bond donors (Lipinski definition) is 0. The van der Waals surface area contributed by atoms with Crippen LogP contribution in [0.1, 0.15) is 29.3 Å². The fraction of sp³-hybridized carbons (Fsp3) is 0.450. The molecular weight excluding hydrogens is 326 g/mol. The summed E-state index contributed by atoms with van der Waals surface area (Å²) in [4.78, 5) is 7.37. The lowest BCUT2D eigenvalue weighted by Crippen LogP contribution is -2.21. The van der Waals surface area contributed by atoms with Crippen molar-refractivity contribution in [1.82, 2.24) is 24.8 Å². The molecule has 0 amide bonds. The van der Waals surface area contributed by atoms with Gasteiger partial charge in [0.15, 0.2) is 0 Å². The van der Waals surface area contributed by atoms with Crippen LogP contribution in [0, 0.1) is 19.8 Å². The Morgan fingerprint density at radius 2 is 2.08 bits per heavy atom. The van der Waals surface area contributed by atoms with E-state index in [1.165, 1.54) is 6.42 Å². The maximum atomic E-state index is 5.29. The standard InChI is InChI=1S/C20H25N5O/c1-14-20(15(2)26-23-14)19-6-4-5-17(21-19)11-16-7-10-25(12-16)13-18-8-9-24(3)22-18/h4-6,8-9,16H,7,10-13H2,1-3H3/t16-/m1/s1. The normalized spacial score (nSPS) is 17.9. The number of hydrogen-bond acceptors (Lipinski definition) is 5. The molecule has 1 aliphatic rings. The van der Waals surface area contributed by atoms with Gasteiger partial charge in [-0.25, -0.2) is 0 Å². The Kier molecular flexibility index (Phi) is 4.59. The molecule has 6 nitrogen and oxygen atoms in total. The van der Waals surface area contributed by atoms with E-state index in [0.717, 1.165) is 60.2 Å². The van der Waals surface area contributed by atoms with Crippen LogP contribution in [0.25, 0.3) is 11.3 Å². The van der Waals surface area contributed by atoms with Crippen LogP contribution in [0.5, 0.6) is 0 Å². The van der Waals surface area contributed by atoms with Crippen molar-refractivity contribution in [3.63, 3.8) is 0 Å². The van der Waals surface area contributed by atoms with E-state index in [-0.39, 0.29) is 0 Å². The highest BCUT2D eigenvalue weighted by Gasteiger charge is 2.24. The Hall–Kier alpha value is -2.47. The van der Waals surface area contributed by atoms with E-state index in [0.29, 0.717) is 5.92 Å². The molecule has 6 heteroatoms. The average Bonchev–Trinajstić information content (AvgIpc) is 3.30. The van der Waals surface area contributed by atoms with E-state index in [4.69, 9.17) is 9.51 Å². The van der Waals surface area contributed by atoms with Crippen molar-refractivity contribution in [1.29, 1.82) is 0 Å². The van der Waals surface area contributed by atoms with Gasteiger partial charge in [0.05, 0.1) is 22.6 Å². The third-order valence-electron chi connectivity index (χ3n) is 5.12. The number of pyridine rings is 1. The number of aromatic nitrogens is 4. The van der Waals surface area contributed by atoms with Gasteiger partial charge in [-0.2, -0.15) is 5.10 Å². The first-order valence-electron chi connectivity index (χ1n) is 9.18. The first-order valence-corrected chi connectivity index (χ1v) is 9.18. The lowest BCUT2D eigenvalue weighted by Gasteiger charge is -2.14. The zero-order chi connectivity index (χ0) is 18.1. The highest BCUT2D eigenvalue weighted by molar-refractivity contribution is 5.63. The monoisotopic (exact) mass is 351 g/mol. The SMILES string of the molecule is Cc1noc(C)c1-c1cccc(C[C@H]2CCN(Cc3ccn(C)n3)C2)n1. The summed E-state index contributed by atoms with van der Waals surface area (Å²) in [6.45, 7) is 7.07. The van der Waals surface area contributed by atoms with Crippen molar-refractivity contribution in [2.24, 2.45) is 13.0 Å². The molecule has 1 atom stereocenters.